The third kappa shape index (κ3) is 3.00. The summed E-state index contributed by atoms with van der Waals surface area (Å²) in [5, 5.41) is 0.318. The summed E-state index contributed by atoms with van der Waals surface area (Å²) in [4.78, 5) is 7.86. The summed E-state index contributed by atoms with van der Waals surface area (Å²) in [7, 11) is 0. The van der Waals surface area contributed by atoms with Gasteiger partial charge in [-0.1, -0.05) is 25.4 Å². The van der Waals surface area contributed by atoms with E-state index in [0.29, 0.717) is 22.7 Å². The molecule has 5 heteroatoms. The van der Waals surface area contributed by atoms with Gasteiger partial charge >= 0.3 is 0 Å². The van der Waals surface area contributed by atoms with E-state index in [1.165, 1.54) is 12.7 Å². The molecule has 4 nitrogen and oxygen atoms in total. The van der Waals surface area contributed by atoms with Gasteiger partial charge in [-0.3, -0.25) is 0 Å². The number of nitrogens with two attached hydrogens (primary N) is 1. The van der Waals surface area contributed by atoms with E-state index >= 15 is 0 Å². The largest absolute Gasteiger partial charge is 0.473 e. The summed E-state index contributed by atoms with van der Waals surface area (Å²) >= 11 is 6.01. The van der Waals surface area contributed by atoms with Gasteiger partial charge in [0, 0.05) is 0 Å². The predicted molar refractivity (Wildman–Crippen MR) is 68.0 cm³/mol. The molecule has 0 bridgehead atoms. The van der Waals surface area contributed by atoms with Gasteiger partial charge in [-0.15, -0.1) is 0 Å². The molecule has 1 fully saturated rings. The Labute approximate surface area is 107 Å². The summed E-state index contributed by atoms with van der Waals surface area (Å²) in [6.45, 7) is 4.50. The zero-order valence-electron chi connectivity index (χ0n) is 10.2. The molecule has 17 heavy (non-hydrogen) atoms. The Morgan fingerprint density at radius 3 is 2.53 bits per heavy atom. The number of ether oxygens (including phenoxy) is 1. The van der Waals surface area contributed by atoms with Crippen LogP contribution in [0.2, 0.25) is 5.02 Å². The number of hydrogen-bond donors (Lipinski definition) is 1. The SMILES string of the molecule is CC1CC(C)CC(Oc2ncnc(N)c2Cl)C1. The number of rotatable bonds is 2. The lowest BCUT2D eigenvalue weighted by Gasteiger charge is -2.31. The molecule has 1 aliphatic rings. The predicted octanol–water partition coefficient (Wildman–Crippen LogP) is 2.92. The standard InChI is InChI=1S/C12H18ClN3O/c1-7-3-8(2)5-9(4-7)17-12-10(13)11(14)15-6-16-12/h6-9H,3-5H2,1-2H3,(H2,14,15,16). The first-order valence-electron chi connectivity index (χ1n) is 5.99. The summed E-state index contributed by atoms with van der Waals surface area (Å²) in [6, 6.07) is 0. The van der Waals surface area contributed by atoms with Crippen molar-refractivity contribution in [3.63, 3.8) is 0 Å². The fraction of sp³-hybridized carbons (Fsp3) is 0.667. The van der Waals surface area contributed by atoms with Crippen LogP contribution in [-0.4, -0.2) is 16.1 Å². The van der Waals surface area contributed by atoms with Crippen molar-refractivity contribution in [3.05, 3.63) is 11.3 Å². The van der Waals surface area contributed by atoms with E-state index in [2.05, 4.69) is 23.8 Å². The Bertz CT molecular complexity index is 389. The monoisotopic (exact) mass is 255 g/mol. The summed E-state index contributed by atoms with van der Waals surface area (Å²) < 4.78 is 5.84. The molecule has 1 aliphatic carbocycles. The van der Waals surface area contributed by atoms with Gasteiger partial charge in [-0.2, -0.15) is 0 Å². The van der Waals surface area contributed by atoms with Gasteiger partial charge in [0.25, 0.3) is 0 Å². The van der Waals surface area contributed by atoms with Gasteiger partial charge < -0.3 is 10.5 Å². The first-order valence-corrected chi connectivity index (χ1v) is 6.36. The molecule has 0 spiro atoms. The molecule has 0 aromatic carbocycles. The molecular weight excluding hydrogens is 238 g/mol. The van der Waals surface area contributed by atoms with Gasteiger partial charge in [0.05, 0.1) is 0 Å². The van der Waals surface area contributed by atoms with Crippen molar-refractivity contribution in [1.29, 1.82) is 0 Å². The van der Waals surface area contributed by atoms with Crippen LogP contribution in [0.4, 0.5) is 5.82 Å². The highest BCUT2D eigenvalue weighted by atomic mass is 35.5. The third-order valence-corrected chi connectivity index (χ3v) is 3.55. The van der Waals surface area contributed by atoms with Crippen LogP contribution in [0.25, 0.3) is 0 Å². The van der Waals surface area contributed by atoms with Crippen LogP contribution in [0.1, 0.15) is 33.1 Å². The highest BCUT2D eigenvalue weighted by Crippen LogP contribution is 2.33. The van der Waals surface area contributed by atoms with Crippen molar-refractivity contribution >= 4 is 17.4 Å². The summed E-state index contributed by atoms with van der Waals surface area (Å²) in [5.41, 5.74) is 5.62. The topological polar surface area (TPSA) is 61.0 Å². The Morgan fingerprint density at radius 2 is 1.88 bits per heavy atom. The minimum atomic E-state index is 0.181. The van der Waals surface area contributed by atoms with Crippen molar-refractivity contribution in [3.8, 4) is 5.88 Å². The highest BCUT2D eigenvalue weighted by Gasteiger charge is 2.26. The van der Waals surface area contributed by atoms with Gasteiger partial charge in [-0.25, -0.2) is 9.97 Å². The van der Waals surface area contributed by atoms with E-state index in [9.17, 15) is 0 Å². The van der Waals surface area contributed by atoms with Gasteiger partial charge in [0.15, 0.2) is 0 Å². The molecule has 2 unspecified atom stereocenters. The van der Waals surface area contributed by atoms with Crippen LogP contribution in [0.5, 0.6) is 5.88 Å². The quantitative estimate of drug-likeness (QED) is 0.883. The zero-order valence-corrected chi connectivity index (χ0v) is 10.9. The molecular formula is C12H18ClN3O. The van der Waals surface area contributed by atoms with Crippen LogP contribution >= 0.6 is 11.6 Å². The first kappa shape index (κ1) is 12.4. The van der Waals surface area contributed by atoms with Gasteiger partial charge in [0.1, 0.15) is 23.3 Å². The second-order valence-electron chi connectivity index (χ2n) is 5.04. The van der Waals surface area contributed by atoms with Crippen molar-refractivity contribution in [2.45, 2.75) is 39.2 Å². The molecule has 0 amide bonds. The van der Waals surface area contributed by atoms with Crippen molar-refractivity contribution in [2.75, 3.05) is 5.73 Å². The Kier molecular flexibility index (Phi) is 3.72. The third-order valence-electron chi connectivity index (χ3n) is 3.20. The van der Waals surface area contributed by atoms with E-state index in [1.54, 1.807) is 0 Å². The van der Waals surface area contributed by atoms with Crippen molar-refractivity contribution in [2.24, 2.45) is 11.8 Å². The number of hydrogen-bond acceptors (Lipinski definition) is 4. The molecule has 0 aliphatic heterocycles. The minimum absolute atomic E-state index is 0.181. The van der Waals surface area contributed by atoms with E-state index in [-0.39, 0.29) is 11.9 Å². The van der Waals surface area contributed by atoms with E-state index in [4.69, 9.17) is 22.1 Å². The Hall–Kier alpha value is -1.03. The average Bonchev–Trinajstić information content (AvgIpc) is 2.23. The van der Waals surface area contributed by atoms with Crippen LogP contribution in [0.3, 0.4) is 0 Å². The molecule has 1 saturated carbocycles. The van der Waals surface area contributed by atoms with Gasteiger partial charge in [-0.05, 0) is 31.1 Å². The molecule has 1 aromatic rings. The van der Waals surface area contributed by atoms with E-state index < -0.39 is 0 Å². The van der Waals surface area contributed by atoms with Crippen LogP contribution < -0.4 is 10.5 Å². The normalized spacial score (nSPS) is 29.0. The minimum Gasteiger partial charge on any atom is -0.473 e. The molecule has 2 atom stereocenters. The van der Waals surface area contributed by atoms with E-state index in [0.717, 1.165) is 12.8 Å². The molecule has 1 heterocycles. The Balaban J connectivity index is 2.07. The number of halogens is 1. The first-order chi connectivity index (χ1) is 8.06. The number of nitrogens with zero attached hydrogens (tertiary/aromatic N) is 2. The van der Waals surface area contributed by atoms with Crippen molar-refractivity contribution < 1.29 is 4.74 Å². The maximum absolute atomic E-state index is 6.01. The van der Waals surface area contributed by atoms with Crippen LogP contribution in [0, 0.1) is 11.8 Å². The second kappa shape index (κ2) is 5.08. The summed E-state index contributed by atoms with van der Waals surface area (Å²) in [5.74, 6) is 2.04. The molecule has 1 aromatic heterocycles. The lowest BCUT2D eigenvalue weighted by Crippen LogP contribution is -2.28. The molecule has 2 rings (SSSR count). The molecule has 2 N–H and O–H groups in total. The summed E-state index contributed by atoms with van der Waals surface area (Å²) in [6.07, 6.45) is 4.92. The second-order valence-corrected chi connectivity index (χ2v) is 5.41. The fourth-order valence-corrected chi connectivity index (χ4v) is 2.72. The van der Waals surface area contributed by atoms with Gasteiger partial charge in [0.2, 0.25) is 5.88 Å². The molecule has 0 saturated heterocycles. The van der Waals surface area contributed by atoms with Crippen molar-refractivity contribution in [1.82, 2.24) is 9.97 Å². The number of aromatic nitrogens is 2. The molecule has 94 valence electrons. The fourth-order valence-electron chi connectivity index (χ4n) is 2.58. The maximum Gasteiger partial charge on any atom is 0.238 e. The smallest absolute Gasteiger partial charge is 0.238 e. The van der Waals surface area contributed by atoms with Crippen LogP contribution in [0.15, 0.2) is 6.33 Å². The lowest BCUT2D eigenvalue weighted by atomic mass is 9.82. The van der Waals surface area contributed by atoms with E-state index in [1.807, 2.05) is 0 Å². The maximum atomic E-state index is 6.01. The highest BCUT2D eigenvalue weighted by molar-refractivity contribution is 6.33. The zero-order chi connectivity index (χ0) is 12.4. The number of nitrogen functional groups attached to an aromatic ring is 1. The Morgan fingerprint density at radius 1 is 1.24 bits per heavy atom. The molecule has 0 radical (unpaired) electrons. The van der Waals surface area contributed by atoms with Crippen LogP contribution in [-0.2, 0) is 0 Å². The lowest BCUT2D eigenvalue weighted by molar-refractivity contribution is 0.0967. The average molecular weight is 256 g/mol. The number of anilines is 1.